The molecule has 2 aliphatic carbocycles. The molecule has 2 heterocycles. The largest absolute Gasteiger partial charge is 0.339 e. The summed E-state index contributed by atoms with van der Waals surface area (Å²) >= 11 is 12.7. The first-order valence-corrected chi connectivity index (χ1v) is 13.2. The summed E-state index contributed by atoms with van der Waals surface area (Å²) in [7, 11) is 0. The Kier molecular flexibility index (Phi) is 9.09. The zero-order chi connectivity index (χ0) is 23.4. The Hall–Kier alpha value is -0.710. The number of carbonyl (C=O) groups excluding carboxylic acids is 1. The Labute approximate surface area is 205 Å². The molecule has 4 rings (SSSR count). The molecule has 4 fully saturated rings. The molecule has 0 aromatic rings. The van der Waals surface area contributed by atoms with Gasteiger partial charge in [0.1, 0.15) is 6.17 Å². The van der Waals surface area contributed by atoms with E-state index in [-0.39, 0.29) is 35.4 Å². The minimum absolute atomic E-state index is 0.0634. The summed E-state index contributed by atoms with van der Waals surface area (Å²) in [6.45, 7) is 2.77. The Balaban J connectivity index is 1.36. The van der Waals surface area contributed by atoms with Gasteiger partial charge >= 0.3 is 0 Å². The van der Waals surface area contributed by atoms with Crippen LogP contribution in [0.15, 0.2) is 4.99 Å². The predicted molar refractivity (Wildman–Crippen MR) is 128 cm³/mol. The molecule has 2 saturated carbocycles. The highest BCUT2D eigenvalue weighted by Gasteiger charge is 2.35. The van der Waals surface area contributed by atoms with Gasteiger partial charge in [0.25, 0.3) is 0 Å². The van der Waals surface area contributed by atoms with Crippen molar-refractivity contribution in [3.8, 4) is 0 Å². The summed E-state index contributed by atoms with van der Waals surface area (Å²) in [6.07, 6.45) is 5.70. The fourth-order valence-corrected chi connectivity index (χ4v) is 5.98. The smallest absolute Gasteiger partial charge is 0.233 e. The molecule has 7 unspecified atom stereocenters. The Morgan fingerprint density at radius 3 is 2.61 bits per heavy atom. The number of hydrazine groups is 1. The van der Waals surface area contributed by atoms with E-state index in [2.05, 4.69) is 27.0 Å². The van der Waals surface area contributed by atoms with Gasteiger partial charge in [-0.05, 0) is 70.1 Å². The topological polar surface area (TPSA) is 98.8 Å². The standard InChI is InChI=1S/C22H37Cl2FN6O2/c1-12-17(11-27-33-12)21(32)29-22(26-10-14-4-7-16(25)8-18(14)24)28-20-9-19(30-31-20)13-2-5-15(23)6-3-13/h12-20,27,30-31H,2-11H2,1H3,(H2,26,28,29,32). The minimum Gasteiger partial charge on any atom is -0.339 e. The van der Waals surface area contributed by atoms with Crippen LogP contribution in [-0.4, -0.2) is 60.2 Å². The van der Waals surface area contributed by atoms with E-state index in [0.29, 0.717) is 55.6 Å². The molecule has 188 valence electrons. The molecule has 2 saturated heterocycles. The number of rotatable bonds is 5. The van der Waals surface area contributed by atoms with Crippen LogP contribution >= 0.6 is 23.2 Å². The minimum atomic E-state index is -0.832. The molecule has 0 aromatic heterocycles. The molecule has 1 amide bonds. The van der Waals surface area contributed by atoms with E-state index in [0.717, 1.165) is 32.1 Å². The highest BCUT2D eigenvalue weighted by atomic mass is 35.5. The SMILES string of the molecule is CC1ONCC1C(=O)NC(=NCC1CCC(F)CC1Cl)NC1CC(C2CCC(Cl)CC2)NN1. The number of alkyl halides is 3. The van der Waals surface area contributed by atoms with Crippen LogP contribution in [0.3, 0.4) is 0 Å². The molecule has 0 radical (unpaired) electrons. The molecule has 33 heavy (non-hydrogen) atoms. The van der Waals surface area contributed by atoms with Crippen LogP contribution in [0.4, 0.5) is 4.39 Å². The number of halogens is 3. The molecular weight excluding hydrogens is 470 g/mol. The summed E-state index contributed by atoms with van der Waals surface area (Å²) < 4.78 is 13.6. The first kappa shape index (κ1) is 25.4. The van der Waals surface area contributed by atoms with Crippen molar-refractivity contribution in [1.29, 1.82) is 0 Å². The van der Waals surface area contributed by atoms with Crippen molar-refractivity contribution in [2.45, 2.75) is 93.5 Å². The molecule has 7 atom stereocenters. The number of hydrogen-bond acceptors (Lipinski definition) is 6. The van der Waals surface area contributed by atoms with Gasteiger partial charge in [-0.15, -0.1) is 23.2 Å². The molecule has 11 heteroatoms. The summed E-state index contributed by atoms with van der Waals surface area (Å²) in [4.78, 5) is 22.9. The third kappa shape index (κ3) is 6.92. The molecule has 0 bridgehead atoms. The van der Waals surface area contributed by atoms with E-state index in [4.69, 9.17) is 33.0 Å². The van der Waals surface area contributed by atoms with E-state index in [1.54, 1.807) is 0 Å². The van der Waals surface area contributed by atoms with Crippen LogP contribution < -0.4 is 27.0 Å². The lowest BCUT2D eigenvalue weighted by molar-refractivity contribution is -0.124. The van der Waals surface area contributed by atoms with Crippen molar-refractivity contribution >= 4 is 35.1 Å². The second-order valence-electron chi connectivity index (χ2n) is 9.98. The van der Waals surface area contributed by atoms with E-state index < -0.39 is 6.17 Å². The van der Waals surface area contributed by atoms with Gasteiger partial charge < -0.3 is 5.32 Å². The second kappa shape index (κ2) is 11.8. The van der Waals surface area contributed by atoms with Crippen molar-refractivity contribution in [3.05, 3.63) is 0 Å². The quantitative estimate of drug-likeness (QED) is 0.223. The first-order valence-electron chi connectivity index (χ1n) is 12.3. The molecule has 0 spiro atoms. The fraction of sp³-hybridized carbons (Fsp3) is 0.909. The molecule has 0 aromatic carbocycles. The van der Waals surface area contributed by atoms with E-state index >= 15 is 0 Å². The van der Waals surface area contributed by atoms with Crippen molar-refractivity contribution in [2.75, 3.05) is 13.1 Å². The first-order chi connectivity index (χ1) is 15.9. The van der Waals surface area contributed by atoms with Crippen LogP contribution in [0.2, 0.25) is 0 Å². The number of carbonyl (C=O) groups is 1. The number of nitrogens with one attached hydrogen (secondary N) is 5. The van der Waals surface area contributed by atoms with Crippen molar-refractivity contribution in [1.82, 2.24) is 27.0 Å². The molecule has 8 nitrogen and oxygen atoms in total. The normalized spacial score (nSPS) is 42.3. The van der Waals surface area contributed by atoms with Gasteiger partial charge in [-0.1, -0.05) is 0 Å². The van der Waals surface area contributed by atoms with Crippen LogP contribution in [0.5, 0.6) is 0 Å². The third-order valence-corrected chi connectivity index (χ3v) is 8.53. The predicted octanol–water partition coefficient (Wildman–Crippen LogP) is 2.32. The molecule has 5 N–H and O–H groups in total. The van der Waals surface area contributed by atoms with Gasteiger partial charge in [0.15, 0.2) is 5.96 Å². The van der Waals surface area contributed by atoms with E-state index in [1.807, 2.05) is 6.92 Å². The summed E-state index contributed by atoms with van der Waals surface area (Å²) in [5, 5.41) is 6.38. The Morgan fingerprint density at radius 2 is 1.91 bits per heavy atom. The third-order valence-electron chi connectivity index (χ3n) is 7.56. The van der Waals surface area contributed by atoms with E-state index in [1.165, 1.54) is 0 Å². The average molecular weight is 507 g/mol. The zero-order valence-corrected chi connectivity index (χ0v) is 20.7. The Bertz CT molecular complexity index is 696. The highest BCUT2D eigenvalue weighted by molar-refractivity contribution is 6.21. The van der Waals surface area contributed by atoms with Gasteiger partial charge in [-0.2, -0.15) is 0 Å². The average Bonchev–Trinajstić information content (AvgIpc) is 3.42. The number of nitrogens with zero attached hydrogens (tertiary/aromatic N) is 1. The van der Waals surface area contributed by atoms with Crippen molar-refractivity contribution in [3.63, 3.8) is 0 Å². The highest BCUT2D eigenvalue weighted by Crippen LogP contribution is 2.32. The van der Waals surface area contributed by atoms with Gasteiger partial charge in [0.2, 0.25) is 5.91 Å². The lowest BCUT2D eigenvalue weighted by atomic mass is 9.83. The maximum atomic E-state index is 13.6. The maximum Gasteiger partial charge on any atom is 0.233 e. The van der Waals surface area contributed by atoms with Crippen LogP contribution in [0.25, 0.3) is 0 Å². The summed E-state index contributed by atoms with van der Waals surface area (Å²) in [6, 6.07) is 0.350. The Morgan fingerprint density at radius 1 is 1.12 bits per heavy atom. The fourth-order valence-electron chi connectivity index (χ4n) is 5.33. The summed E-state index contributed by atoms with van der Waals surface area (Å²) in [5.41, 5.74) is 9.51. The lowest BCUT2D eigenvalue weighted by Crippen LogP contribution is -2.52. The molecular formula is C22H37Cl2FN6O2. The maximum absolute atomic E-state index is 13.6. The number of guanidine groups is 1. The molecule has 2 aliphatic heterocycles. The lowest BCUT2D eigenvalue weighted by Gasteiger charge is -2.29. The van der Waals surface area contributed by atoms with Crippen LogP contribution in [0, 0.1) is 17.8 Å². The van der Waals surface area contributed by atoms with Crippen molar-refractivity contribution < 1.29 is 14.0 Å². The molecule has 4 aliphatic rings. The summed E-state index contributed by atoms with van der Waals surface area (Å²) in [5.74, 6) is 0.667. The number of hydroxylamine groups is 1. The number of hydrogen-bond donors (Lipinski definition) is 5. The number of aliphatic imine (C=N–C) groups is 1. The van der Waals surface area contributed by atoms with Crippen LogP contribution in [-0.2, 0) is 9.63 Å². The van der Waals surface area contributed by atoms with Gasteiger partial charge in [0, 0.05) is 29.9 Å². The van der Waals surface area contributed by atoms with Crippen molar-refractivity contribution in [2.24, 2.45) is 22.7 Å². The second-order valence-corrected chi connectivity index (χ2v) is 11.2. The van der Waals surface area contributed by atoms with Gasteiger partial charge in [-0.3, -0.25) is 25.4 Å². The number of amides is 1. The monoisotopic (exact) mass is 506 g/mol. The van der Waals surface area contributed by atoms with Gasteiger partial charge in [-0.25, -0.2) is 15.3 Å². The van der Waals surface area contributed by atoms with Gasteiger partial charge in [0.05, 0.1) is 18.2 Å². The van der Waals surface area contributed by atoms with E-state index in [9.17, 15) is 9.18 Å². The van der Waals surface area contributed by atoms with Crippen LogP contribution in [0.1, 0.15) is 58.3 Å². The zero-order valence-electron chi connectivity index (χ0n) is 19.2.